The number of nitrogens with zero attached hydrogens (tertiary/aromatic N) is 1. The highest BCUT2D eigenvalue weighted by Crippen LogP contribution is 2.30. The number of H-pyrrole nitrogens is 1. The number of hydrogen-bond acceptors (Lipinski definition) is 5. The van der Waals surface area contributed by atoms with E-state index in [0.717, 1.165) is 0 Å². The van der Waals surface area contributed by atoms with Crippen LogP contribution in [0, 0.1) is 5.82 Å². The average molecular weight is 264 g/mol. The van der Waals surface area contributed by atoms with Crippen LogP contribution in [0.25, 0.3) is 0 Å². The van der Waals surface area contributed by atoms with Gasteiger partial charge in [0, 0.05) is 0 Å². The van der Waals surface area contributed by atoms with Crippen molar-refractivity contribution in [3.05, 3.63) is 32.9 Å². The van der Waals surface area contributed by atoms with Crippen molar-refractivity contribution in [1.29, 1.82) is 0 Å². The third-order valence-electron chi connectivity index (χ3n) is 2.67. The van der Waals surface area contributed by atoms with Gasteiger partial charge in [0.1, 0.15) is 12.2 Å². The van der Waals surface area contributed by atoms with Crippen LogP contribution in [0.3, 0.4) is 0 Å². The molecule has 9 heteroatoms. The topological polar surface area (TPSA) is 105 Å². The zero-order valence-electron chi connectivity index (χ0n) is 8.92. The van der Waals surface area contributed by atoms with Gasteiger partial charge in [0.2, 0.25) is 5.82 Å². The molecule has 18 heavy (non-hydrogen) atoms. The zero-order chi connectivity index (χ0) is 13.4. The van der Waals surface area contributed by atoms with Gasteiger partial charge < -0.3 is 14.9 Å². The molecule has 0 aliphatic carbocycles. The Hall–Kier alpha value is -1.58. The van der Waals surface area contributed by atoms with Gasteiger partial charge in [-0.2, -0.15) is 4.39 Å². The first-order valence-electron chi connectivity index (χ1n) is 5.05. The first kappa shape index (κ1) is 12.9. The van der Waals surface area contributed by atoms with Gasteiger partial charge in [-0.05, 0) is 0 Å². The van der Waals surface area contributed by atoms with Gasteiger partial charge in [-0.25, -0.2) is 9.18 Å². The molecule has 0 aromatic carbocycles. The van der Waals surface area contributed by atoms with Crippen molar-refractivity contribution in [3.63, 3.8) is 0 Å². The van der Waals surface area contributed by atoms with E-state index < -0.39 is 48.3 Å². The highest BCUT2D eigenvalue weighted by molar-refractivity contribution is 4.94. The maximum atomic E-state index is 13.4. The molecule has 1 aromatic heterocycles. The lowest BCUT2D eigenvalue weighted by Gasteiger charge is -2.16. The Morgan fingerprint density at radius 1 is 1.50 bits per heavy atom. The van der Waals surface area contributed by atoms with Crippen LogP contribution >= 0.6 is 0 Å². The fourth-order valence-corrected chi connectivity index (χ4v) is 1.74. The summed E-state index contributed by atoms with van der Waals surface area (Å²) in [6.07, 6.45) is -5.96. The first-order chi connectivity index (χ1) is 8.45. The third kappa shape index (κ3) is 1.96. The van der Waals surface area contributed by atoms with Crippen molar-refractivity contribution in [1.82, 2.24) is 9.55 Å². The lowest BCUT2D eigenvalue weighted by atomic mass is 10.1. The van der Waals surface area contributed by atoms with Gasteiger partial charge in [-0.15, -0.1) is 0 Å². The molecular formula is C9H10F2N2O5. The molecule has 1 saturated heterocycles. The summed E-state index contributed by atoms with van der Waals surface area (Å²) in [5, 5.41) is 18.3. The maximum Gasteiger partial charge on any atom is 0.330 e. The van der Waals surface area contributed by atoms with Crippen LogP contribution in [0.2, 0.25) is 0 Å². The van der Waals surface area contributed by atoms with Crippen molar-refractivity contribution in [3.8, 4) is 0 Å². The summed E-state index contributed by atoms with van der Waals surface area (Å²) in [4.78, 5) is 23.9. The SMILES string of the molecule is O=c1[nH]c(=O)n([C@H]2O[C@@H](CO)C(F)C2O)cc1F. The second-order valence-electron chi connectivity index (χ2n) is 3.83. The fraction of sp³-hybridized carbons (Fsp3) is 0.556. The minimum atomic E-state index is -1.91. The van der Waals surface area contributed by atoms with E-state index in [-0.39, 0.29) is 0 Å². The Bertz CT molecular complexity index is 557. The molecule has 0 saturated carbocycles. The van der Waals surface area contributed by atoms with Crippen LogP contribution in [-0.2, 0) is 4.74 Å². The second-order valence-corrected chi connectivity index (χ2v) is 3.83. The van der Waals surface area contributed by atoms with Gasteiger partial charge in [-0.1, -0.05) is 0 Å². The number of aromatic amines is 1. The zero-order valence-corrected chi connectivity index (χ0v) is 8.92. The van der Waals surface area contributed by atoms with Crippen LogP contribution in [0.1, 0.15) is 6.23 Å². The normalized spacial score (nSPS) is 31.8. The Morgan fingerprint density at radius 2 is 2.17 bits per heavy atom. The number of aliphatic hydroxyl groups excluding tert-OH is 2. The minimum absolute atomic E-state index is 0.515. The Morgan fingerprint density at radius 3 is 2.72 bits per heavy atom. The molecule has 2 rings (SSSR count). The summed E-state index contributed by atoms with van der Waals surface area (Å²) < 4.78 is 31.9. The number of aromatic nitrogens is 2. The van der Waals surface area contributed by atoms with Crippen LogP contribution in [0.5, 0.6) is 0 Å². The summed E-state index contributed by atoms with van der Waals surface area (Å²) >= 11 is 0. The molecule has 3 N–H and O–H groups in total. The predicted octanol–water partition coefficient (Wildman–Crippen LogP) is -1.74. The lowest BCUT2D eigenvalue weighted by Crippen LogP contribution is -2.37. The van der Waals surface area contributed by atoms with E-state index in [0.29, 0.717) is 10.8 Å². The van der Waals surface area contributed by atoms with Crippen molar-refractivity contribution in [2.75, 3.05) is 6.61 Å². The molecule has 1 aliphatic rings. The molecular weight excluding hydrogens is 254 g/mol. The van der Waals surface area contributed by atoms with Crippen LogP contribution < -0.4 is 11.2 Å². The molecule has 4 atom stereocenters. The van der Waals surface area contributed by atoms with Gasteiger partial charge in [0.25, 0.3) is 5.56 Å². The molecule has 0 bridgehead atoms. The van der Waals surface area contributed by atoms with E-state index in [1.54, 1.807) is 4.98 Å². The van der Waals surface area contributed by atoms with E-state index >= 15 is 0 Å². The number of halogens is 2. The van der Waals surface area contributed by atoms with Crippen molar-refractivity contribution >= 4 is 0 Å². The molecule has 0 amide bonds. The smallest absolute Gasteiger partial charge is 0.330 e. The van der Waals surface area contributed by atoms with E-state index in [4.69, 9.17) is 9.84 Å². The summed E-state index contributed by atoms with van der Waals surface area (Å²) in [7, 11) is 0. The average Bonchev–Trinajstić information content (AvgIpc) is 2.61. The molecule has 7 nitrogen and oxygen atoms in total. The highest BCUT2D eigenvalue weighted by Gasteiger charge is 2.45. The van der Waals surface area contributed by atoms with E-state index in [1.807, 2.05) is 0 Å². The van der Waals surface area contributed by atoms with E-state index in [1.165, 1.54) is 0 Å². The van der Waals surface area contributed by atoms with Crippen molar-refractivity contribution in [2.45, 2.75) is 24.6 Å². The van der Waals surface area contributed by atoms with Crippen LogP contribution in [0.4, 0.5) is 8.78 Å². The molecule has 2 heterocycles. The molecule has 0 spiro atoms. The maximum absolute atomic E-state index is 13.4. The van der Waals surface area contributed by atoms with Crippen molar-refractivity contribution < 1.29 is 23.7 Å². The number of rotatable bonds is 2. The standard InChI is InChI=1S/C9H10F2N2O5/c10-3-1-13(9(17)12-7(3)16)8-6(15)5(11)4(2-14)18-8/h1,4-6,8,14-15H,2H2,(H,12,16,17)/t4-,5?,6?,8-/m0/s1. The highest BCUT2D eigenvalue weighted by atomic mass is 19.1. The lowest BCUT2D eigenvalue weighted by molar-refractivity contribution is -0.0542. The molecule has 100 valence electrons. The largest absolute Gasteiger partial charge is 0.394 e. The number of hydrogen-bond donors (Lipinski definition) is 3. The Labute approximate surface area is 98.3 Å². The summed E-state index contributed by atoms with van der Waals surface area (Å²) in [6.45, 7) is -0.699. The van der Waals surface area contributed by atoms with Crippen LogP contribution in [-0.4, -0.2) is 44.8 Å². The molecule has 2 unspecified atom stereocenters. The van der Waals surface area contributed by atoms with Crippen LogP contribution in [0.15, 0.2) is 15.8 Å². The predicted molar refractivity (Wildman–Crippen MR) is 53.2 cm³/mol. The minimum Gasteiger partial charge on any atom is -0.394 e. The third-order valence-corrected chi connectivity index (χ3v) is 2.67. The number of ether oxygens (including phenoxy) is 1. The Balaban J connectivity index is 2.42. The number of aliphatic hydroxyl groups is 2. The fourth-order valence-electron chi connectivity index (χ4n) is 1.74. The Kier molecular flexibility index (Phi) is 3.28. The summed E-state index contributed by atoms with van der Waals surface area (Å²) in [5.41, 5.74) is -2.27. The molecule has 1 fully saturated rings. The summed E-state index contributed by atoms with van der Waals surface area (Å²) in [5.74, 6) is -1.27. The van der Waals surface area contributed by atoms with Gasteiger partial charge >= 0.3 is 5.69 Å². The molecule has 0 radical (unpaired) electrons. The molecule has 1 aromatic rings. The summed E-state index contributed by atoms with van der Waals surface area (Å²) in [6, 6.07) is 0. The first-order valence-corrected chi connectivity index (χ1v) is 5.05. The number of nitrogens with one attached hydrogen (secondary N) is 1. The number of alkyl halides is 1. The van der Waals surface area contributed by atoms with E-state index in [9.17, 15) is 23.5 Å². The second kappa shape index (κ2) is 4.59. The monoisotopic (exact) mass is 264 g/mol. The van der Waals surface area contributed by atoms with Gasteiger partial charge in [0.15, 0.2) is 12.4 Å². The van der Waals surface area contributed by atoms with Gasteiger partial charge in [0.05, 0.1) is 12.8 Å². The van der Waals surface area contributed by atoms with E-state index in [2.05, 4.69) is 0 Å². The quantitative estimate of drug-likeness (QED) is 0.588. The van der Waals surface area contributed by atoms with Gasteiger partial charge in [-0.3, -0.25) is 14.3 Å². The molecule has 1 aliphatic heterocycles. The van der Waals surface area contributed by atoms with Crippen molar-refractivity contribution in [2.24, 2.45) is 0 Å².